The summed E-state index contributed by atoms with van der Waals surface area (Å²) in [4.78, 5) is 5.45. The molecule has 7 heteroatoms. The molecule has 1 unspecified atom stereocenters. The number of rotatable bonds is 6. The van der Waals surface area contributed by atoms with E-state index in [-0.39, 0.29) is 30.5 Å². The molecule has 0 bridgehead atoms. The van der Waals surface area contributed by atoms with Crippen LogP contribution in [0.2, 0.25) is 0 Å². The fourth-order valence-corrected chi connectivity index (χ4v) is 2.44. The maximum absolute atomic E-state index is 10.2. The van der Waals surface area contributed by atoms with Gasteiger partial charge in [0.1, 0.15) is 11.4 Å². The van der Waals surface area contributed by atoms with Crippen molar-refractivity contribution in [2.24, 2.45) is 10.7 Å². The maximum atomic E-state index is 10.2. The van der Waals surface area contributed by atoms with Crippen LogP contribution in [0.5, 0.6) is 0 Å². The summed E-state index contributed by atoms with van der Waals surface area (Å²) in [5, 5.41) is 15.3. The van der Waals surface area contributed by atoms with Crippen LogP contribution < -0.4 is 11.1 Å². The van der Waals surface area contributed by atoms with Gasteiger partial charge in [0.15, 0.2) is 5.96 Å². The lowest BCUT2D eigenvalue weighted by Gasteiger charge is -2.18. The number of nitrogens with zero attached hydrogens (tertiary/aromatic N) is 1. The molecule has 0 fully saturated rings. The van der Waals surface area contributed by atoms with Gasteiger partial charge >= 0.3 is 0 Å². The zero-order chi connectivity index (χ0) is 14.4. The summed E-state index contributed by atoms with van der Waals surface area (Å²) in [6, 6.07) is 7.56. The van der Waals surface area contributed by atoms with Crippen LogP contribution in [0, 0.1) is 0 Å². The van der Waals surface area contributed by atoms with Gasteiger partial charge < -0.3 is 20.6 Å². The van der Waals surface area contributed by atoms with E-state index < -0.39 is 5.60 Å². The lowest BCUT2D eigenvalue weighted by molar-refractivity contribution is 0.0437. The standard InChI is InChI=1S/C14H19N3O2S.HI/c1-14(18,12-5-2-8-19-12)10-17-13(15)16-7-6-11-4-3-9-20-11;/h2-5,8-9,18H,6-7,10H2,1H3,(H3,15,16,17);1H. The van der Waals surface area contributed by atoms with E-state index in [9.17, 15) is 5.11 Å². The molecule has 0 saturated carbocycles. The molecule has 0 aromatic carbocycles. The lowest BCUT2D eigenvalue weighted by Crippen LogP contribution is -2.35. The van der Waals surface area contributed by atoms with Gasteiger partial charge in [0, 0.05) is 11.4 Å². The van der Waals surface area contributed by atoms with Crippen LogP contribution in [0.25, 0.3) is 0 Å². The fraction of sp³-hybridized carbons (Fsp3) is 0.357. The Labute approximate surface area is 145 Å². The number of guanidine groups is 1. The average Bonchev–Trinajstić information content (AvgIpc) is 3.09. The van der Waals surface area contributed by atoms with E-state index in [0.717, 1.165) is 13.0 Å². The summed E-state index contributed by atoms with van der Waals surface area (Å²) in [5.74, 6) is 0.807. The monoisotopic (exact) mass is 421 g/mol. The Morgan fingerprint density at radius 3 is 2.90 bits per heavy atom. The van der Waals surface area contributed by atoms with E-state index in [0.29, 0.717) is 11.7 Å². The Bertz CT molecular complexity index is 539. The highest BCUT2D eigenvalue weighted by molar-refractivity contribution is 14.0. The number of aliphatic hydroxyl groups is 1. The Balaban J connectivity index is 0.00000220. The quantitative estimate of drug-likeness (QED) is 0.380. The molecule has 1 atom stereocenters. The van der Waals surface area contributed by atoms with Gasteiger partial charge in [-0.25, -0.2) is 4.99 Å². The van der Waals surface area contributed by atoms with Crippen molar-refractivity contribution in [3.63, 3.8) is 0 Å². The molecule has 21 heavy (non-hydrogen) atoms. The average molecular weight is 421 g/mol. The predicted molar refractivity (Wildman–Crippen MR) is 96.2 cm³/mol. The first-order chi connectivity index (χ1) is 9.58. The van der Waals surface area contributed by atoms with Crippen LogP contribution in [0.4, 0.5) is 0 Å². The number of hydrogen-bond acceptors (Lipinski definition) is 4. The third-order valence-corrected chi connectivity index (χ3v) is 3.80. The van der Waals surface area contributed by atoms with Gasteiger partial charge in [-0.15, -0.1) is 35.3 Å². The summed E-state index contributed by atoms with van der Waals surface area (Å²) in [6.07, 6.45) is 2.43. The second-order valence-electron chi connectivity index (χ2n) is 4.71. The van der Waals surface area contributed by atoms with E-state index in [2.05, 4.69) is 16.4 Å². The first kappa shape index (κ1) is 18.0. The number of furan rings is 1. The summed E-state index contributed by atoms with van der Waals surface area (Å²) >= 11 is 1.72. The van der Waals surface area contributed by atoms with E-state index in [4.69, 9.17) is 10.2 Å². The van der Waals surface area contributed by atoms with Crippen molar-refractivity contribution >= 4 is 41.3 Å². The third-order valence-electron chi connectivity index (χ3n) is 2.87. The van der Waals surface area contributed by atoms with Crippen LogP contribution in [0.1, 0.15) is 17.6 Å². The zero-order valence-electron chi connectivity index (χ0n) is 11.8. The number of thiophene rings is 1. The van der Waals surface area contributed by atoms with E-state index >= 15 is 0 Å². The molecular formula is C14H20IN3O2S. The number of hydrogen-bond donors (Lipinski definition) is 3. The predicted octanol–water partition coefficient (Wildman–Crippen LogP) is 2.31. The third kappa shape index (κ3) is 5.68. The minimum Gasteiger partial charge on any atom is -0.466 e. The van der Waals surface area contributed by atoms with Gasteiger partial charge in [-0.3, -0.25) is 0 Å². The second-order valence-corrected chi connectivity index (χ2v) is 5.74. The van der Waals surface area contributed by atoms with E-state index in [1.54, 1.807) is 30.4 Å². The van der Waals surface area contributed by atoms with Crippen molar-refractivity contribution < 1.29 is 9.52 Å². The highest BCUT2D eigenvalue weighted by Crippen LogP contribution is 2.20. The van der Waals surface area contributed by atoms with Gasteiger partial charge in [-0.05, 0) is 36.9 Å². The SMILES string of the molecule is CC(O)(CN=C(N)NCCc1cccs1)c1ccco1.I. The molecule has 2 aromatic heterocycles. The first-order valence-electron chi connectivity index (χ1n) is 6.40. The minimum atomic E-state index is -1.15. The van der Waals surface area contributed by atoms with Crippen molar-refractivity contribution in [2.45, 2.75) is 18.9 Å². The van der Waals surface area contributed by atoms with Crippen molar-refractivity contribution in [3.8, 4) is 0 Å². The normalized spacial score (nSPS) is 14.3. The van der Waals surface area contributed by atoms with Gasteiger partial charge in [0.05, 0.1) is 12.8 Å². The maximum Gasteiger partial charge on any atom is 0.188 e. The molecular weight excluding hydrogens is 401 g/mol. The molecule has 2 aromatic rings. The van der Waals surface area contributed by atoms with Crippen molar-refractivity contribution in [1.82, 2.24) is 5.32 Å². The van der Waals surface area contributed by atoms with Gasteiger partial charge in [0.2, 0.25) is 0 Å². The summed E-state index contributed by atoms with van der Waals surface area (Å²) in [5.41, 5.74) is 4.63. The fourth-order valence-electron chi connectivity index (χ4n) is 1.73. The van der Waals surface area contributed by atoms with Crippen LogP contribution in [0.3, 0.4) is 0 Å². The molecule has 0 aliphatic heterocycles. The van der Waals surface area contributed by atoms with Crippen molar-refractivity contribution in [3.05, 3.63) is 46.5 Å². The smallest absolute Gasteiger partial charge is 0.188 e. The molecule has 0 radical (unpaired) electrons. The molecule has 0 amide bonds. The molecule has 116 valence electrons. The summed E-state index contributed by atoms with van der Waals surface area (Å²) in [7, 11) is 0. The number of nitrogens with two attached hydrogens (primary N) is 1. The number of halogens is 1. The molecule has 2 heterocycles. The highest BCUT2D eigenvalue weighted by Gasteiger charge is 2.25. The molecule has 0 aliphatic rings. The lowest BCUT2D eigenvalue weighted by atomic mass is 10.0. The van der Waals surface area contributed by atoms with Crippen LogP contribution in [-0.4, -0.2) is 24.2 Å². The van der Waals surface area contributed by atoms with Gasteiger partial charge in [-0.2, -0.15) is 0 Å². The van der Waals surface area contributed by atoms with Crippen LogP contribution >= 0.6 is 35.3 Å². The molecule has 4 N–H and O–H groups in total. The molecule has 0 spiro atoms. The van der Waals surface area contributed by atoms with E-state index in [1.807, 2.05) is 11.4 Å². The Kier molecular flexibility index (Phi) is 7.20. The van der Waals surface area contributed by atoms with Crippen molar-refractivity contribution in [1.29, 1.82) is 0 Å². The molecule has 0 aliphatic carbocycles. The van der Waals surface area contributed by atoms with Crippen LogP contribution in [-0.2, 0) is 12.0 Å². The Hall–Kier alpha value is -1.06. The van der Waals surface area contributed by atoms with Crippen LogP contribution in [0.15, 0.2) is 45.3 Å². The molecule has 5 nitrogen and oxygen atoms in total. The minimum absolute atomic E-state index is 0. The molecule has 0 saturated heterocycles. The first-order valence-corrected chi connectivity index (χ1v) is 7.28. The Morgan fingerprint density at radius 1 is 1.48 bits per heavy atom. The van der Waals surface area contributed by atoms with E-state index in [1.165, 1.54) is 11.1 Å². The Morgan fingerprint density at radius 2 is 2.29 bits per heavy atom. The summed E-state index contributed by atoms with van der Waals surface area (Å²) < 4.78 is 5.18. The topological polar surface area (TPSA) is 83.8 Å². The van der Waals surface area contributed by atoms with Crippen molar-refractivity contribution in [2.75, 3.05) is 13.1 Å². The number of nitrogens with one attached hydrogen (secondary N) is 1. The van der Waals surface area contributed by atoms with Gasteiger partial charge in [0.25, 0.3) is 0 Å². The zero-order valence-corrected chi connectivity index (χ0v) is 14.9. The molecule has 2 rings (SSSR count). The van der Waals surface area contributed by atoms with Gasteiger partial charge in [-0.1, -0.05) is 6.07 Å². The number of aliphatic imine (C=N–C) groups is 1. The highest BCUT2D eigenvalue weighted by atomic mass is 127. The second kappa shape index (κ2) is 8.40. The largest absolute Gasteiger partial charge is 0.466 e. The summed E-state index contributed by atoms with van der Waals surface area (Å²) in [6.45, 7) is 2.52.